The molecule has 0 saturated carbocycles. The minimum atomic E-state index is -0.0617. The summed E-state index contributed by atoms with van der Waals surface area (Å²) in [4.78, 5) is 8.02. The second kappa shape index (κ2) is 10.2. The van der Waals surface area contributed by atoms with E-state index < -0.39 is 0 Å². The highest BCUT2D eigenvalue weighted by Crippen LogP contribution is 2.28. The Hall–Kier alpha value is -2.73. The number of aromatic nitrogens is 1. The number of aryl methyl sites for hydroxylation is 1. The summed E-state index contributed by atoms with van der Waals surface area (Å²) in [5, 5.41) is 8.70. The maximum absolute atomic E-state index is 5.36. The Morgan fingerprint density at radius 3 is 2.62 bits per heavy atom. The van der Waals surface area contributed by atoms with Crippen LogP contribution in [0.25, 0.3) is 10.6 Å². The normalized spacial score (nSPS) is 14.9. The van der Waals surface area contributed by atoms with Crippen molar-refractivity contribution >= 4 is 23.0 Å². The predicted octanol–water partition coefficient (Wildman–Crippen LogP) is 2.19. The summed E-state index contributed by atoms with van der Waals surface area (Å²) >= 11 is 1.57. The van der Waals surface area contributed by atoms with E-state index in [0.717, 1.165) is 71.7 Å². The lowest BCUT2D eigenvalue weighted by Crippen LogP contribution is -2.36. The van der Waals surface area contributed by atoms with Crippen LogP contribution in [0, 0.1) is 18.8 Å². The molecule has 3 rings (SSSR count). The van der Waals surface area contributed by atoms with Crippen LogP contribution in [0.3, 0.4) is 0 Å². The number of nitrogens with two attached hydrogens (primary N) is 2. The fourth-order valence-corrected chi connectivity index (χ4v) is 3.94. The molecular formula is C21H26N6OS. The molecule has 7 nitrogen and oxygen atoms in total. The quantitative estimate of drug-likeness (QED) is 0.340. The summed E-state index contributed by atoms with van der Waals surface area (Å²) in [6, 6.07) is 8.18. The molecule has 1 aromatic heterocycles. The Balaban J connectivity index is 1.63. The predicted molar refractivity (Wildman–Crippen MR) is 119 cm³/mol. The number of benzene rings is 1. The molecule has 0 spiro atoms. The number of morpholine rings is 1. The molecule has 0 bridgehead atoms. The maximum Gasteiger partial charge on any atom is 0.211 e. The van der Waals surface area contributed by atoms with E-state index >= 15 is 0 Å². The average Bonchev–Trinajstić information content (AvgIpc) is 3.12. The Labute approximate surface area is 175 Å². The molecule has 4 N–H and O–H groups in total. The van der Waals surface area contributed by atoms with Gasteiger partial charge in [0, 0.05) is 37.2 Å². The van der Waals surface area contributed by atoms with Gasteiger partial charge in [-0.25, -0.2) is 4.98 Å². The maximum atomic E-state index is 5.36. The van der Waals surface area contributed by atoms with Crippen LogP contribution >= 0.6 is 11.3 Å². The Bertz CT molecular complexity index is 942. The summed E-state index contributed by atoms with van der Waals surface area (Å²) in [5.74, 6) is 6.45. The van der Waals surface area contributed by atoms with Crippen LogP contribution in [0.15, 0.2) is 34.5 Å². The van der Waals surface area contributed by atoms with Crippen molar-refractivity contribution in [3.63, 3.8) is 0 Å². The summed E-state index contributed by atoms with van der Waals surface area (Å²) in [6.45, 7) is 8.48. The van der Waals surface area contributed by atoms with Gasteiger partial charge in [-0.1, -0.05) is 24.0 Å². The van der Waals surface area contributed by atoms with Crippen LogP contribution in [0.1, 0.15) is 29.5 Å². The van der Waals surface area contributed by atoms with Gasteiger partial charge in [-0.05, 0) is 26.0 Å². The van der Waals surface area contributed by atoms with E-state index in [1.165, 1.54) is 0 Å². The lowest BCUT2D eigenvalue weighted by atomic mass is 10.1. The smallest absolute Gasteiger partial charge is 0.211 e. The number of guanidine groups is 1. The molecule has 29 heavy (non-hydrogen) atoms. The zero-order valence-corrected chi connectivity index (χ0v) is 17.6. The molecule has 8 heteroatoms. The highest BCUT2D eigenvalue weighted by atomic mass is 32.1. The van der Waals surface area contributed by atoms with Crippen molar-refractivity contribution in [2.45, 2.75) is 20.3 Å². The first-order valence-electron chi connectivity index (χ1n) is 9.53. The van der Waals surface area contributed by atoms with Gasteiger partial charge in [0.2, 0.25) is 5.96 Å². The zero-order valence-electron chi connectivity index (χ0n) is 16.8. The van der Waals surface area contributed by atoms with Gasteiger partial charge in [0.15, 0.2) is 0 Å². The van der Waals surface area contributed by atoms with Gasteiger partial charge in [-0.3, -0.25) is 4.90 Å². The Kier molecular flexibility index (Phi) is 7.36. The first-order valence-corrected chi connectivity index (χ1v) is 10.3. The number of nitrogens with zero attached hydrogens (tertiary/aromatic N) is 4. The summed E-state index contributed by atoms with van der Waals surface area (Å²) < 4.78 is 5.36. The fourth-order valence-electron chi connectivity index (χ4n) is 2.93. The SMILES string of the molecule is C/C(=N\N=C(N)N)c1sc(-c2ccc(C#CCCN3CCOCC3)cc2)nc1C. The van der Waals surface area contributed by atoms with E-state index in [1.807, 2.05) is 26.0 Å². The van der Waals surface area contributed by atoms with Crippen molar-refractivity contribution in [2.24, 2.45) is 21.7 Å². The molecule has 1 aliphatic rings. The van der Waals surface area contributed by atoms with E-state index in [1.54, 1.807) is 11.3 Å². The molecule has 152 valence electrons. The summed E-state index contributed by atoms with van der Waals surface area (Å²) in [6.07, 6.45) is 0.866. The molecule has 0 atom stereocenters. The summed E-state index contributed by atoms with van der Waals surface area (Å²) in [5.41, 5.74) is 14.4. The molecule has 1 aliphatic heterocycles. The second-order valence-electron chi connectivity index (χ2n) is 6.73. The van der Waals surface area contributed by atoms with Gasteiger partial charge >= 0.3 is 0 Å². The lowest BCUT2D eigenvalue weighted by Gasteiger charge is -2.25. The van der Waals surface area contributed by atoms with E-state index in [2.05, 4.69) is 44.1 Å². The largest absolute Gasteiger partial charge is 0.379 e. The first-order chi connectivity index (χ1) is 14.0. The van der Waals surface area contributed by atoms with Crippen LogP contribution < -0.4 is 11.5 Å². The van der Waals surface area contributed by atoms with Crippen LogP contribution in [-0.4, -0.2) is 54.4 Å². The molecule has 0 amide bonds. The third kappa shape index (κ3) is 6.12. The van der Waals surface area contributed by atoms with Gasteiger partial charge in [-0.2, -0.15) is 5.10 Å². The van der Waals surface area contributed by atoms with Crippen molar-refractivity contribution in [3.05, 3.63) is 40.4 Å². The van der Waals surface area contributed by atoms with Gasteiger partial charge in [-0.15, -0.1) is 16.4 Å². The molecule has 0 unspecified atom stereocenters. The number of hydrogen-bond acceptors (Lipinski definition) is 6. The van der Waals surface area contributed by atoms with Crippen molar-refractivity contribution in [3.8, 4) is 22.4 Å². The minimum absolute atomic E-state index is 0.0617. The fraction of sp³-hybridized carbons (Fsp3) is 0.381. The van der Waals surface area contributed by atoms with Crippen molar-refractivity contribution in [2.75, 3.05) is 32.8 Å². The summed E-state index contributed by atoms with van der Waals surface area (Å²) in [7, 11) is 0. The molecule has 1 saturated heterocycles. The van der Waals surface area contributed by atoms with E-state index in [9.17, 15) is 0 Å². The molecular weight excluding hydrogens is 384 g/mol. The minimum Gasteiger partial charge on any atom is -0.379 e. The second-order valence-corrected chi connectivity index (χ2v) is 7.73. The van der Waals surface area contributed by atoms with Gasteiger partial charge < -0.3 is 16.2 Å². The van der Waals surface area contributed by atoms with E-state index in [0.29, 0.717) is 0 Å². The standard InChI is InChI=1S/C21H26N6OS/c1-15-19(16(2)25-26-21(22)23)29-20(24-15)18-8-6-17(7-9-18)5-3-4-10-27-11-13-28-14-12-27/h6-9H,4,10-14H2,1-2H3,(H4,22,23,26)/b25-16+. The molecule has 0 radical (unpaired) electrons. The van der Waals surface area contributed by atoms with Crippen molar-refractivity contribution < 1.29 is 4.74 Å². The number of rotatable bonds is 5. The van der Waals surface area contributed by atoms with Gasteiger partial charge in [0.25, 0.3) is 0 Å². The number of hydrogen-bond donors (Lipinski definition) is 2. The number of ether oxygens (including phenoxy) is 1. The molecule has 1 aromatic carbocycles. The third-order valence-electron chi connectivity index (χ3n) is 4.46. The Morgan fingerprint density at radius 1 is 1.21 bits per heavy atom. The Morgan fingerprint density at radius 2 is 1.93 bits per heavy atom. The highest BCUT2D eigenvalue weighted by molar-refractivity contribution is 7.17. The zero-order chi connectivity index (χ0) is 20.6. The van der Waals surface area contributed by atoms with Crippen LogP contribution in [0.4, 0.5) is 0 Å². The molecule has 0 aliphatic carbocycles. The topological polar surface area (TPSA) is 102 Å². The van der Waals surface area contributed by atoms with Crippen LogP contribution in [0.2, 0.25) is 0 Å². The van der Waals surface area contributed by atoms with Crippen molar-refractivity contribution in [1.82, 2.24) is 9.88 Å². The monoisotopic (exact) mass is 410 g/mol. The first kappa shape index (κ1) is 21.0. The average molecular weight is 411 g/mol. The van der Waals surface area contributed by atoms with Crippen molar-refractivity contribution in [1.29, 1.82) is 0 Å². The highest BCUT2D eigenvalue weighted by Gasteiger charge is 2.12. The van der Waals surface area contributed by atoms with Gasteiger partial charge in [0.05, 0.1) is 29.5 Å². The number of thiazole rings is 1. The van der Waals surface area contributed by atoms with E-state index in [-0.39, 0.29) is 5.96 Å². The van der Waals surface area contributed by atoms with Crippen LogP contribution in [-0.2, 0) is 4.74 Å². The molecule has 2 heterocycles. The van der Waals surface area contributed by atoms with Gasteiger partial charge in [0.1, 0.15) is 5.01 Å². The molecule has 2 aromatic rings. The molecule has 1 fully saturated rings. The van der Waals surface area contributed by atoms with Crippen LogP contribution in [0.5, 0.6) is 0 Å². The third-order valence-corrected chi connectivity index (χ3v) is 5.78. The van der Waals surface area contributed by atoms with E-state index in [4.69, 9.17) is 16.2 Å². The lowest BCUT2D eigenvalue weighted by molar-refractivity contribution is 0.0390.